The van der Waals surface area contributed by atoms with Gasteiger partial charge in [-0.1, -0.05) is 5.21 Å². The minimum atomic E-state index is -0.558. The van der Waals surface area contributed by atoms with Crippen LogP contribution in [0, 0.1) is 5.82 Å². The van der Waals surface area contributed by atoms with Gasteiger partial charge in [0.1, 0.15) is 17.3 Å². The largest absolute Gasteiger partial charge is 0.497 e. The fourth-order valence-electron chi connectivity index (χ4n) is 2.94. The molecule has 0 bridgehead atoms. The Morgan fingerprint density at radius 3 is 2.72 bits per heavy atom. The molecule has 134 valence electrons. The maximum Gasteiger partial charge on any atom is 0.362 e. The van der Waals surface area contributed by atoms with Crippen LogP contribution in [0.25, 0.3) is 5.69 Å². The van der Waals surface area contributed by atoms with Gasteiger partial charge in [-0.15, -0.1) is 5.10 Å². The molecule has 2 heterocycles. The van der Waals surface area contributed by atoms with E-state index in [0.717, 1.165) is 32.4 Å². The first-order valence-corrected chi connectivity index (χ1v) is 8.37. The summed E-state index contributed by atoms with van der Waals surface area (Å²) in [7, 11) is 1.51. The molecule has 1 aliphatic rings. The van der Waals surface area contributed by atoms with Crippen LogP contribution in [0.15, 0.2) is 18.2 Å². The number of carbonyl (C=O) groups excluding carboxylic acids is 1. The zero-order chi connectivity index (χ0) is 17.8. The van der Waals surface area contributed by atoms with Gasteiger partial charge in [0.25, 0.3) is 0 Å². The van der Waals surface area contributed by atoms with Gasteiger partial charge in [-0.2, -0.15) is 4.68 Å². The van der Waals surface area contributed by atoms with E-state index in [1.165, 1.54) is 30.0 Å². The lowest BCUT2D eigenvalue weighted by atomic mass is 10.1. The number of methoxy groups -OCH3 is 1. The zero-order valence-electron chi connectivity index (χ0n) is 14.4. The Hall–Kier alpha value is -2.64. The van der Waals surface area contributed by atoms with Gasteiger partial charge in [-0.3, -0.25) is 0 Å². The molecule has 1 aliphatic heterocycles. The normalized spacial score (nSPS) is 14.4. The van der Waals surface area contributed by atoms with E-state index in [1.54, 1.807) is 6.92 Å². The van der Waals surface area contributed by atoms with Gasteiger partial charge in [-0.25, -0.2) is 9.18 Å². The third kappa shape index (κ3) is 3.42. The molecular weight excluding hydrogens is 327 g/mol. The summed E-state index contributed by atoms with van der Waals surface area (Å²) < 4.78 is 26.0. The summed E-state index contributed by atoms with van der Waals surface area (Å²) in [5.41, 5.74) is 0.286. The molecule has 1 saturated heterocycles. The van der Waals surface area contributed by atoms with Crippen molar-refractivity contribution in [3.63, 3.8) is 0 Å². The fraction of sp³-hybridized carbons (Fsp3) is 0.471. The first-order valence-electron chi connectivity index (χ1n) is 8.37. The molecule has 3 rings (SSSR count). The molecule has 25 heavy (non-hydrogen) atoms. The molecule has 1 aromatic carbocycles. The van der Waals surface area contributed by atoms with Crippen LogP contribution in [-0.4, -0.2) is 47.8 Å². The van der Waals surface area contributed by atoms with Crippen LogP contribution < -0.4 is 9.64 Å². The van der Waals surface area contributed by atoms with Gasteiger partial charge in [0.15, 0.2) is 5.82 Å². The first kappa shape index (κ1) is 17.2. The summed E-state index contributed by atoms with van der Waals surface area (Å²) in [6.07, 6.45) is 3.11. The van der Waals surface area contributed by atoms with Crippen LogP contribution >= 0.6 is 0 Å². The van der Waals surface area contributed by atoms with Crippen LogP contribution in [-0.2, 0) is 4.74 Å². The molecule has 0 atom stereocenters. The molecule has 0 N–H and O–H groups in total. The molecule has 2 aromatic rings. The second-order valence-electron chi connectivity index (χ2n) is 5.76. The lowest BCUT2D eigenvalue weighted by Crippen LogP contribution is -2.32. The Balaban J connectivity index is 2.11. The number of halogens is 1. The number of benzene rings is 1. The number of aromatic nitrogens is 3. The summed E-state index contributed by atoms with van der Waals surface area (Å²) in [5, 5.41) is 8.00. The van der Waals surface area contributed by atoms with Crippen LogP contribution in [0.3, 0.4) is 0 Å². The number of carbonyl (C=O) groups is 1. The smallest absolute Gasteiger partial charge is 0.362 e. The Morgan fingerprint density at radius 2 is 2.04 bits per heavy atom. The number of esters is 1. The minimum Gasteiger partial charge on any atom is -0.497 e. The molecule has 0 spiro atoms. The Morgan fingerprint density at radius 1 is 1.28 bits per heavy atom. The predicted molar refractivity (Wildman–Crippen MR) is 89.9 cm³/mol. The number of ether oxygens (including phenoxy) is 2. The number of hydrogen-bond donors (Lipinski definition) is 0. The maximum atomic E-state index is 14.4. The third-order valence-corrected chi connectivity index (χ3v) is 4.15. The van der Waals surface area contributed by atoms with E-state index >= 15 is 0 Å². The topological polar surface area (TPSA) is 69.5 Å². The van der Waals surface area contributed by atoms with Crippen LogP contribution in [0.2, 0.25) is 0 Å². The molecule has 0 unspecified atom stereocenters. The highest BCUT2D eigenvalue weighted by Crippen LogP contribution is 2.29. The van der Waals surface area contributed by atoms with E-state index in [0.29, 0.717) is 11.6 Å². The number of piperidine rings is 1. The minimum absolute atomic E-state index is 0.103. The molecule has 0 amide bonds. The van der Waals surface area contributed by atoms with Gasteiger partial charge in [-0.05, 0) is 38.3 Å². The van der Waals surface area contributed by atoms with E-state index in [4.69, 9.17) is 9.47 Å². The molecule has 8 heteroatoms. The van der Waals surface area contributed by atoms with Crippen LogP contribution in [0.4, 0.5) is 10.2 Å². The second-order valence-corrected chi connectivity index (χ2v) is 5.76. The average Bonchev–Trinajstić information content (AvgIpc) is 3.08. The van der Waals surface area contributed by atoms with Crippen molar-refractivity contribution < 1.29 is 18.7 Å². The molecular formula is C17H21FN4O3. The zero-order valence-corrected chi connectivity index (χ0v) is 14.4. The van der Waals surface area contributed by atoms with Crippen molar-refractivity contribution in [1.29, 1.82) is 0 Å². The van der Waals surface area contributed by atoms with Gasteiger partial charge in [0.05, 0.1) is 13.7 Å². The SMILES string of the molecule is CCOC(=O)c1nnn(-c2cc(OC)ccc2F)c1N1CCCCC1. The van der Waals surface area contributed by atoms with E-state index in [9.17, 15) is 9.18 Å². The maximum absolute atomic E-state index is 14.4. The fourth-order valence-corrected chi connectivity index (χ4v) is 2.94. The van der Waals surface area contributed by atoms with Crippen LogP contribution in [0.1, 0.15) is 36.7 Å². The highest BCUT2D eigenvalue weighted by Gasteiger charge is 2.28. The lowest BCUT2D eigenvalue weighted by Gasteiger charge is -2.29. The van der Waals surface area contributed by atoms with Crippen molar-refractivity contribution in [3.05, 3.63) is 29.7 Å². The quantitative estimate of drug-likeness (QED) is 0.774. The summed E-state index contributed by atoms with van der Waals surface area (Å²) >= 11 is 0. The number of hydrogen-bond acceptors (Lipinski definition) is 6. The van der Waals surface area contributed by atoms with Gasteiger partial charge in [0, 0.05) is 19.2 Å². The van der Waals surface area contributed by atoms with Crippen LogP contribution in [0.5, 0.6) is 5.75 Å². The average molecular weight is 348 g/mol. The summed E-state index contributed by atoms with van der Waals surface area (Å²) in [5.74, 6) is -0.0727. The summed E-state index contributed by atoms with van der Waals surface area (Å²) in [4.78, 5) is 14.3. The molecule has 7 nitrogen and oxygen atoms in total. The van der Waals surface area contributed by atoms with Crippen molar-refractivity contribution in [2.24, 2.45) is 0 Å². The highest BCUT2D eigenvalue weighted by atomic mass is 19.1. The van der Waals surface area contributed by atoms with Crippen molar-refractivity contribution in [2.75, 3.05) is 31.7 Å². The molecule has 1 aromatic heterocycles. The highest BCUT2D eigenvalue weighted by molar-refractivity contribution is 5.93. The number of anilines is 1. The third-order valence-electron chi connectivity index (χ3n) is 4.15. The second kappa shape index (κ2) is 7.50. The molecule has 0 saturated carbocycles. The van der Waals surface area contributed by atoms with E-state index in [1.807, 2.05) is 4.90 Å². The van der Waals surface area contributed by atoms with Crippen molar-refractivity contribution in [3.8, 4) is 11.4 Å². The first-order chi connectivity index (χ1) is 12.2. The summed E-state index contributed by atoms with van der Waals surface area (Å²) in [6, 6.07) is 4.37. The Bertz CT molecular complexity index is 756. The molecule has 1 fully saturated rings. The number of rotatable bonds is 5. The number of nitrogens with zero attached hydrogens (tertiary/aromatic N) is 4. The monoisotopic (exact) mass is 348 g/mol. The van der Waals surface area contributed by atoms with E-state index in [-0.39, 0.29) is 18.0 Å². The van der Waals surface area contributed by atoms with Gasteiger partial charge < -0.3 is 14.4 Å². The predicted octanol–water partition coefficient (Wildman–Crippen LogP) is 2.58. The Kier molecular flexibility index (Phi) is 5.16. The van der Waals surface area contributed by atoms with Gasteiger partial charge >= 0.3 is 5.97 Å². The standard InChI is InChI=1S/C17H21FN4O3/c1-3-25-17(23)15-16(21-9-5-4-6-10-21)22(20-19-15)14-11-12(24-2)7-8-13(14)18/h7-8,11H,3-6,9-10H2,1-2H3. The van der Waals surface area contributed by atoms with Crippen molar-refractivity contribution in [2.45, 2.75) is 26.2 Å². The lowest BCUT2D eigenvalue weighted by molar-refractivity contribution is 0.0520. The van der Waals surface area contributed by atoms with Crippen molar-refractivity contribution in [1.82, 2.24) is 15.0 Å². The molecule has 0 radical (unpaired) electrons. The van der Waals surface area contributed by atoms with E-state index < -0.39 is 11.8 Å². The van der Waals surface area contributed by atoms with E-state index in [2.05, 4.69) is 10.3 Å². The van der Waals surface area contributed by atoms with Crippen molar-refractivity contribution >= 4 is 11.8 Å². The summed E-state index contributed by atoms with van der Waals surface area (Å²) in [6.45, 7) is 3.47. The Labute approximate surface area is 145 Å². The molecule has 0 aliphatic carbocycles. The van der Waals surface area contributed by atoms with Gasteiger partial charge in [0.2, 0.25) is 5.69 Å².